The molecule has 1 aliphatic heterocycles. The second-order valence-corrected chi connectivity index (χ2v) is 10.7. The van der Waals surface area contributed by atoms with Gasteiger partial charge < -0.3 is 9.80 Å². The van der Waals surface area contributed by atoms with E-state index in [0.717, 1.165) is 56.1 Å². The molecule has 0 radical (unpaired) electrons. The molecule has 42 heavy (non-hydrogen) atoms. The molecule has 0 bridgehead atoms. The highest BCUT2D eigenvalue weighted by Crippen LogP contribution is 2.28. The molecule has 1 aromatic heterocycles. The molecule has 4 aromatic rings. The molecule has 6 nitrogen and oxygen atoms in total. The van der Waals surface area contributed by atoms with Crippen molar-refractivity contribution >= 4 is 36.4 Å². The molecule has 1 fully saturated rings. The molecule has 2 heterocycles. The molecular formula is C33H40Cl2FN5O. The van der Waals surface area contributed by atoms with Gasteiger partial charge in [-0.1, -0.05) is 42.5 Å². The summed E-state index contributed by atoms with van der Waals surface area (Å²) in [6.45, 7) is 12.0. The van der Waals surface area contributed by atoms with Crippen LogP contribution in [0.25, 0.3) is 17.1 Å². The van der Waals surface area contributed by atoms with Crippen LogP contribution in [0.2, 0.25) is 0 Å². The third-order valence-corrected chi connectivity index (χ3v) is 8.03. The predicted molar refractivity (Wildman–Crippen MR) is 174 cm³/mol. The minimum absolute atomic E-state index is 0. The summed E-state index contributed by atoms with van der Waals surface area (Å²) >= 11 is 0. The maximum Gasteiger partial charge on any atom is 0.274 e. The van der Waals surface area contributed by atoms with E-state index < -0.39 is 0 Å². The van der Waals surface area contributed by atoms with E-state index >= 15 is 0 Å². The average Bonchev–Trinajstić information content (AvgIpc) is 3.32. The molecule has 0 saturated carbocycles. The molecule has 0 spiro atoms. The van der Waals surface area contributed by atoms with E-state index in [1.807, 2.05) is 48.9 Å². The van der Waals surface area contributed by atoms with E-state index in [1.165, 1.54) is 28.9 Å². The van der Waals surface area contributed by atoms with Gasteiger partial charge >= 0.3 is 0 Å². The molecular weight excluding hydrogens is 572 g/mol. The predicted octanol–water partition coefficient (Wildman–Crippen LogP) is 6.73. The average molecular weight is 613 g/mol. The lowest BCUT2D eigenvalue weighted by Crippen LogP contribution is -2.47. The van der Waals surface area contributed by atoms with Crippen LogP contribution < -0.4 is 4.90 Å². The monoisotopic (exact) mass is 611 g/mol. The van der Waals surface area contributed by atoms with Crippen LogP contribution in [0, 0.1) is 26.6 Å². The Hall–Kier alpha value is -3.39. The summed E-state index contributed by atoms with van der Waals surface area (Å²) < 4.78 is 15.6. The third kappa shape index (κ3) is 7.14. The van der Waals surface area contributed by atoms with Gasteiger partial charge in [-0.15, -0.1) is 24.8 Å². The highest BCUT2D eigenvalue weighted by molar-refractivity contribution is 5.94. The maximum absolute atomic E-state index is 13.7. The lowest BCUT2D eigenvalue weighted by molar-refractivity contribution is 0.0782. The number of imidazole rings is 1. The molecule has 9 heteroatoms. The standard InChI is InChI=1S/C33H38FN5O.2ClH/c1-24-10-8-13-30(25(24)2)38-22-20-37(21-23-38)19-9-18-36(4)33(40)31-26(3)39(29-16-14-28(34)15-17-29)32(35-31)27-11-6-5-7-12-27;;/h5-8,10-17H,9,18-23H2,1-4H3;2*1H. The van der Waals surface area contributed by atoms with Crippen LogP contribution in [-0.4, -0.2) is 71.6 Å². The zero-order valence-corrected chi connectivity index (χ0v) is 26.3. The summed E-state index contributed by atoms with van der Waals surface area (Å²) in [7, 11) is 1.85. The molecule has 3 aromatic carbocycles. The van der Waals surface area contributed by atoms with Crippen LogP contribution in [0.4, 0.5) is 10.1 Å². The van der Waals surface area contributed by atoms with Gasteiger partial charge in [-0.05, 0) is 75.2 Å². The van der Waals surface area contributed by atoms with Crippen molar-refractivity contribution in [3.05, 3.63) is 101 Å². The number of benzene rings is 3. The first-order valence-electron chi connectivity index (χ1n) is 14.0. The lowest BCUT2D eigenvalue weighted by Gasteiger charge is -2.37. The van der Waals surface area contributed by atoms with Gasteiger partial charge in [0.05, 0.1) is 5.69 Å². The molecule has 1 saturated heterocycles. The summed E-state index contributed by atoms with van der Waals surface area (Å²) in [5.74, 6) is 0.268. The highest BCUT2D eigenvalue weighted by atomic mass is 35.5. The Kier molecular flexibility index (Phi) is 11.6. The lowest BCUT2D eigenvalue weighted by atomic mass is 10.1. The van der Waals surface area contributed by atoms with Gasteiger partial charge in [0.1, 0.15) is 17.3 Å². The number of carbonyl (C=O) groups excluding carboxylic acids is 1. The Bertz CT molecular complexity index is 1470. The summed E-state index contributed by atoms with van der Waals surface area (Å²) in [4.78, 5) is 25.1. The van der Waals surface area contributed by atoms with Gasteiger partial charge in [0, 0.05) is 56.7 Å². The van der Waals surface area contributed by atoms with Gasteiger partial charge in [0.25, 0.3) is 5.91 Å². The van der Waals surface area contributed by atoms with Crippen molar-refractivity contribution in [2.24, 2.45) is 0 Å². The maximum atomic E-state index is 13.7. The summed E-state index contributed by atoms with van der Waals surface area (Å²) in [5.41, 5.74) is 6.88. The number of hydrogen-bond donors (Lipinski definition) is 0. The van der Waals surface area contributed by atoms with E-state index in [9.17, 15) is 9.18 Å². The Labute approximate surface area is 261 Å². The number of aryl methyl sites for hydroxylation is 1. The number of nitrogens with zero attached hydrogens (tertiary/aromatic N) is 5. The number of hydrogen-bond acceptors (Lipinski definition) is 4. The Balaban J connectivity index is 0.00000242. The number of aromatic nitrogens is 2. The zero-order valence-electron chi connectivity index (χ0n) is 24.7. The number of amides is 1. The van der Waals surface area contributed by atoms with Crippen LogP contribution in [0.3, 0.4) is 0 Å². The quantitative estimate of drug-likeness (QED) is 0.221. The fraction of sp³-hybridized carbons (Fsp3) is 0.333. The molecule has 0 unspecified atom stereocenters. The normalized spacial score (nSPS) is 13.3. The molecule has 224 valence electrons. The van der Waals surface area contributed by atoms with Gasteiger partial charge in [0.15, 0.2) is 0 Å². The van der Waals surface area contributed by atoms with Crippen molar-refractivity contribution in [3.8, 4) is 17.1 Å². The van der Waals surface area contributed by atoms with Gasteiger partial charge in [-0.25, -0.2) is 9.37 Å². The van der Waals surface area contributed by atoms with Crippen molar-refractivity contribution in [2.75, 3.05) is 51.2 Å². The summed E-state index contributed by atoms with van der Waals surface area (Å²) in [5, 5.41) is 0. The third-order valence-electron chi connectivity index (χ3n) is 8.03. The summed E-state index contributed by atoms with van der Waals surface area (Å²) in [6, 6.07) is 22.6. The Morgan fingerprint density at radius 3 is 2.21 bits per heavy atom. The van der Waals surface area contributed by atoms with E-state index in [4.69, 9.17) is 4.98 Å². The van der Waals surface area contributed by atoms with Crippen molar-refractivity contribution in [3.63, 3.8) is 0 Å². The Morgan fingerprint density at radius 2 is 1.55 bits per heavy atom. The first-order valence-corrected chi connectivity index (χ1v) is 14.0. The fourth-order valence-electron chi connectivity index (χ4n) is 5.50. The zero-order chi connectivity index (χ0) is 28.2. The van der Waals surface area contributed by atoms with Crippen molar-refractivity contribution in [2.45, 2.75) is 27.2 Å². The molecule has 0 aliphatic carbocycles. The number of rotatable bonds is 8. The second kappa shape index (κ2) is 14.7. The molecule has 1 amide bonds. The number of anilines is 1. The number of carbonyl (C=O) groups is 1. The SMILES string of the molecule is Cc1cccc(N2CCN(CCCN(C)C(=O)c3nc(-c4ccccc4)n(-c4ccc(F)cc4)c3C)CC2)c1C.Cl.Cl. The van der Waals surface area contributed by atoms with Crippen LogP contribution >= 0.6 is 24.8 Å². The van der Waals surface area contributed by atoms with E-state index in [2.05, 4.69) is 41.8 Å². The van der Waals surface area contributed by atoms with Crippen LogP contribution in [-0.2, 0) is 0 Å². The van der Waals surface area contributed by atoms with Gasteiger partial charge in [-0.3, -0.25) is 14.3 Å². The number of piperazine rings is 1. The van der Waals surface area contributed by atoms with E-state index in [-0.39, 0.29) is 36.5 Å². The first-order chi connectivity index (χ1) is 19.3. The number of halogens is 3. The Morgan fingerprint density at radius 1 is 0.881 bits per heavy atom. The van der Waals surface area contributed by atoms with E-state index in [0.29, 0.717) is 18.1 Å². The van der Waals surface area contributed by atoms with Crippen LogP contribution in [0.1, 0.15) is 33.7 Å². The largest absolute Gasteiger partial charge is 0.369 e. The van der Waals surface area contributed by atoms with Crippen LogP contribution in [0.15, 0.2) is 72.8 Å². The van der Waals surface area contributed by atoms with Crippen molar-refractivity contribution < 1.29 is 9.18 Å². The molecule has 5 rings (SSSR count). The molecule has 0 atom stereocenters. The van der Waals surface area contributed by atoms with E-state index in [1.54, 1.807) is 17.0 Å². The van der Waals surface area contributed by atoms with Gasteiger partial charge in [0.2, 0.25) is 0 Å². The molecule has 0 N–H and O–H groups in total. The molecule has 1 aliphatic rings. The summed E-state index contributed by atoms with van der Waals surface area (Å²) in [6.07, 6.45) is 0.898. The van der Waals surface area contributed by atoms with Crippen molar-refractivity contribution in [1.29, 1.82) is 0 Å². The topological polar surface area (TPSA) is 44.6 Å². The fourth-order valence-corrected chi connectivity index (χ4v) is 5.50. The first kappa shape index (κ1) is 33.1. The smallest absolute Gasteiger partial charge is 0.274 e. The van der Waals surface area contributed by atoms with Gasteiger partial charge in [-0.2, -0.15) is 0 Å². The highest BCUT2D eigenvalue weighted by Gasteiger charge is 2.24. The second-order valence-electron chi connectivity index (χ2n) is 10.7. The minimum Gasteiger partial charge on any atom is -0.369 e. The minimum atomic E-state index is -0.300. The van der Waals surface area contributed by atoms with Crippen LogP contribution in [0.5, 0.6) is 0 Å². The van der Waals surface area contributed by atoms with Crippen molar-refractivity contribution in [1.82, 2.24) is 19.4 Å².